The van der Waals surface area contributed by atoms with Crippen LogP contribution in [0.15, 0.2) is 17.2 Å². The molecule has 0 N–H and O–H groups in total. The topological polar surface area (TPSA) is 69.9 Å². The van der Waals surface area contributed by atoms with Crippen LogP contribution < -0.4 is 0 Å². The van der Waals surface area contributed by atoms with Crippen LogP contribution in [-0.4, -0.2) is 33.6 Å². The third-order valence-corrected chi connectivity index (χ3v) is 5.24. The van der Waals surface area contributed by atoms with Gasteiger partial charge in [-0.2, -0.15) is 5.26 Å². The predicted molar refractivity (Wildman–Crippen MR) is 92.7 cm³/mol. The van der Waals surface area contributed by atoms with Crippen LogP contribution in [0.25, 0.3) is 0 Å². The molecule has 0 unspecified atom stereocenters. The number of rotatable bonds is 5. The Morgan fingerprint density at radius 3 is 2.78 bits per heavy atom. The largest absolute Gasteiger partial charge is 0.340 e. The molecule has 8 heteroatoms. The zero-order chi connectivity index (χ0) is 17.0. The van der Waals surface area contributed by atoms with Crippen molar-refractivity contribution in [2.75, 3.05) is 12.8 Å². The fourth-order valence-corrected chi connectivity index (χ4v) is 4.07. The van der Waals surface area contributed by atoms with E-state index in [-0.39, 0.29) is 11.7 Å². The van der Waals surface area contributed by atoms with E-state index in [1.807, 2.05) is 12.1 Å². The minimum absolute atomic E-state index is 0.0302. The molecule has 0 atom stereocenters. The second-order valence-corrected chi connectivity index (χ2v) is 7.66. The van der Waals surface area contributed by atoms with Gasteiger partial charge < -0.3 is 4.90 Å². The van der Waals surface area contributed by atoms with Crippen LogP contribution in [0.4, 0.5) is 0 Å². The SMILES string of the molecule is Cc1nc(C)c(C#N)c(SCC(=O)N(C)Cc2ccc(Cl)s2)n1. The molecular formula is C15H15ClN4OS2. The van der Waals surface area contributed by atoms with Gasteiger partial charge in [0, 0.05) is 11.9 Å². The normalized spacial score (nSPS) is 10.4. The fraction of sp³-hybridized carbons (Fsp3) is 0.333. The van der Waals surface area contributed by atoms with Gasteiger partial charge in [0.2, 0.25) is 5.91 Å². The Balaban J connectivity index is 2.00. The Bertz CT molecular complexity index is 769. The second-order valence-electron chi connectivity index (χ2n) is 4.89. The Labute approximate surface area is 148 Å². The molecule has 0 aliphatic heterocycles. The number of amides is 1. The molecule has 0 fully saturated rings. The lowest BCUT2D eigenvalue weighted by molar-refractivity contribution is -0.127. The van der Waals surface area contributed by atoms with Crippen molar-refractivity contribution in [2.24, 2.45) is 0 Å². The number of aromatic nitrogens is 2. The second kappa shape index (κ2) is 7.77. The summed E-state index contributed by atoms with van der Waals surface area (Å²) >= 11 is 8.62. The number of carbonyl (C=O) groups is 1. The number of hydrogen-bond acceptors (Lipinski definition) is 6. The monoisotopic (exact) mass is 366 g/mol. The van der Waals surface area contributed by atoms with Gasteiger partial charge in [0.15, 0.2) is 0 Å². The Morgan fingerprint density at radius 2 is 2.17 bits per heavy atom. The van der Waals surface area contributed by atoms with Crippen LogP contribution in [0.1, 0.15) is 22.0 Å². The molecule has 1 amide bonds. The van der Waals surface area contributed by atoms with E-state index in [4.69, 9.17) is 11.6 Å². The van der Waals surface area contributed by atoms with Gasteiger partial charge in [0.05, 0.1) is 22.3 Å². The number of carbonyl (C=O) groups excluding carboxylic acids is 1. The van der Waals surface area contributed by atoms with Crippen molar-refractivity contribution in [3.05, 3.63) is 38.4 Å². The van der Waals surface area contributed by atoms with Crippen LogP contribution in [0.3, 0.4) is 0 Å². The van der Waals surface area contributed by atoms with E-state index in [9.17, 15) is 10.1 Å². The Kier molecular flexibility index (Phi) is 5.99. The van der Waals surface area contributed by atoms with Gasteiger partial charge in [-0.1, -0.05) is 23.4 Å². The molecule has 120 valence electrons. The molecule has 0 aromatic carbocycles. The maximum absolute atomic E-state index is 12.2. The van der Waals surface area contributed by atoms with Crippen molar-refractivity contribution in [1.82, 2.24) is 14.9 Å². The first-order valence-corrected chi connectivity index (χ1v) is 8.95. The van der Waals surface area contributed by atoms with E-state index in [0.717, 1.165) is 4.88 Å². The maximum Gasteiger partial charge on any atom is 0.233 e. The summed E-state index contributed by atoms with van der Waals surface area (Å²) in [5.74, 6) is 0.788. The quantitative estimate of drug-likeness (QED) is 0.599. The van der Waals surface area contributed by atoms with E-state index >= 15 is 0 Å². The first kappa shape index (κ1) is 17.7. The maximum atomic E-state index is 12.2. The molecule has 2 aromatic heterocycles. The number of thiophene rings is 1. The van der Waals surface area contributed by atoms with Crippen molar-refractivity contribution in [1.29, 1.82) is 5.26 Å². The molecule has 23 heavy (non-hydrogen) atoms. The zero-order valence-corrected chi connectivity index (χ0v) is 15.3. The van der Waals surface area contributed by atoms with E-state index < -0.39 is 0 Å². The van der Waals surface area contributed by atoms with Crippen molar-refractivity contribution in [3.63, 3.8) is 0 Å². The molecule has 2 heterocycles. The molecule has 0 spiro atoms. The lowest BCUT2D eigenvalue weighted by Crippen LogP contribution is -2.27. The average molecular weight is 367 g/mol. The summed E-state index contributed by atoms with van der Waals surface area (Å²) < 4.78 is 0.709. The summed E-state index contributed by atoms with van der Waals surface area (Å²) in [5, 5.41) is 9.77. The summed E-state index contributed by atoms with van der Waals surface area (Å²) in [4.78, 5) is 23.4. The molecule has 0 aliphatic rings. The molecule has 2 rings (SSSR count). The minimum atomic E-state index is -0.0302. The average Bonchev–Trinajstić information content (AvgIpc) is 2.89. The first-order valence-electron chi connectivity index (χ1n) is 6.77. The Morgan fingerprint density at radius 1 is 1.43 bits per heavy atom. The van der Waals surface area contributed by atoms with Gasteiger partial charge >= 0.3 is 0 Å². The molecule has 0 saturated heterocycles. The summed E-state index contributed by atoms with van der Waals surface area (Å²) in [6, 6.07) is 5.83. The van der Waals surface area contributed by atoms with Crippen LogP contribution in [0.2, 0.25) is 4.34 Å². The van der Waals surface area contributed by atoms with E-state index in [1.54, 1.807) is 25.8 Å². The highest BCUT2D eigenvalue weighted by molar-refractivity contribution is 8.00. The minimum Gasteiger partial charge on any atom is -0.340 e. The summed E-state index contributed by atoms with van der Waals surface area (Å²) in [6.45, 7) is 4.06. The highest BCUT2D eigenvalue weighted by atomic mass is 35.5. The van der Waals surface area contributed by atoms with Crippen LogP contribution >= 0.6 is 34.7 Å². The van der Waals surface area contributed by atoms with Gasteiger partial charge in [-0.25, -0.2) is 9.97 Å². The lowest BCUT2D eigenvalue weighted by Gasteiger charge is -2.16. The highest BCUT2D eigenvalue weighted by Gasteiger charge is 2.15. The summed E-state index contributed by atoms with van der Waals surface area (Å²) in [7, 11) is 1.75. The number of aryl methyl sites for hydroxylation is 2. The fourth-order valence-electron chi connectivity index (χ4n) is 1.91. The molecule has 0 aliphatic carbocycles. The number of nitriles is 1. The highest BCUT2D eigenvalue weighted by Crippen LogP contribution is 2.24. The van der Waals surface area contributed by atoms with Crippen molar-refractivity contribution in [2.45, 2.75) is 25.4 Å². The third kappa shape index (κ3) is 4.67. The van der Waals surface area contributed by atoms with Crippen molar-refractivity contribution >= 4 is 40.6 Å². The third-order valence-electron chi connectivity index (χ3n) is 3.06. The number of nitrogens with zero attached hydrogens (tertiary/aromatic N) is 4. The lowest BCUT2D eigenvalue weighted by atomic mass is 10.3. The van der Waals surface area contributed by atoms with Gasteiger partial charge in [-0.3, -0.25) is 4.79 Å². The van der Waals surface area contributed by atoms with Gasteiger partial charge in [-0.05, 0) is 26.0 Å². The molecular weight excluding hydrogens is 352 g/mol. The van der Waals surface area contributed by atoms with E-state index in [1.165, 1.54) is 23.1 Å². The van der Waals surface area contributed by atoms with E-state index in [0.29, 0.717) is 33.0 Å². The molecule has 2 aromatic rings. The summed E-state index contributed by atoms with van der Waals surface area (Å²) in [5.41, 5.74) is 1.07. The number of hydrogen-bond donors (Lipinski definition) is 0. The van der Waals surface area contributed by atoms with Crippen LogP contribution in [0.5, 0.6) is 0 Å². The standard InChI is InChI=1S/C15H15ClN4OS2/c1-9-12(6-17)15(19-10(2)18-9)22-8-14(21)20(3)7-11-4-5-13(16)23-11/h4-5H,7-8H2,1-3H3. The van der Waals surface area contributed by atoms with Gasteiger partial charge in [0.25, 0.3) is 0 Å². The molecule has 5 nitrogen and oxygen atoms in total. The summed E-state index contributed by atoms with van der Waals surface area (Å²) in [6.07, 6.45) is 0. The smallest absolute Gasteiger partial charge is 0.233 e. The van der Waals surface area contributed by atoms with Gasteiger partial charge in [-0.15, -0.1) is 11.3 Å². The van der Waals surface area contributed by atoms with Crippen LogP contribution in [-0.2, 0) is 11.3 Å². The predicted octanol–water partition coefficient (Wildman–Crippen LogP) is 3.43. The van der Waals surface area contributed by atoms with Crippen LogP contribution in [0, 0.1) is 25.2 Å². The Hall–Kier alpha value is -1.62. The van der Waals surface area contributed by atoms with Crippen molar-refractivity contribution < 1.29 is 4.79 Å². The first-order chi connectivity index (χ1) is 10.9. The van der Waals surface area contributed by atoms with Gasteiger partial charge in [0.1, 0.15) is 22.5 Å². The zero-order valence-electron chi connectivity index (χ0n) is 13.0. The van der Waals surface area contributed by atoms with Crippen molar-refractivity contribution in [3.8, 4) is 6.07 Å². The molecule has 0 bridgehead atoms. The van der Waals surface area contributed by atoms with E-state index in [2.05, 4.69) is 16.0 Å². The molecule has 0 saturated carbocycles. The number of halogens is 1. The molecule has 0 radical (unpaired) electrons. The number of thioether (sulfide) groups is 1.